The molecule has 0 saturated heterocycles. The van der Waals surface area contributed by atoms with Gasteiger partial charge < -0.3 is 14.6 Å². The molecule has 3 rings (SSSR count). The van der Waals surface area contributed by atoms with Crippen LogP contribution in [0.3, 0.4) is 0 Å². The second-order valence-corrected chi connectivity index (χ2v) is 7.94. The number of hydrogen-bond acceptors (Lipinski definition) is 4. The van der Waals surface area contributed by atoms with E-state index in [4.69, 9.17) is 4.42 Å². The standard InChI is InChI=1S/C25H31N3O2/c1-20-9-11-22(12-10-20)18-28(17-21-7-5-4-6-8-21)19-23-13-14-24(30-23)25(29)26-15-16-27(2)3/h4-14H,15-19H2,1-3H3,(H,26,29). The van der Waals surface area contributed by atoms with Crippen LogP contribution in [0.5, 0.6) is 0 Å². The molecule has 2 aromatic carbocycles. The molecule has 5 nitrogen and oxygen atoms in total. The molecule has 158 valence electrons. The van der Waals surface area contributed by atoms with Gasteiger partial charge in [0.25, 0.3) is 5.91 Å². The number of carbonyl (C=O) groups is 1. The summed E-state index contributed by atoms with van der Waals surface area (Å²) in [5.74, 6) is 0.978. The van der Waals surface area contributed by atoms with Gasteiger partial charge in [0.05, 0.1) is 6.54 Å². The summed E-state index contributed by atoms with van der Waals surface area (Å²) in [6, 6.07) is 22.7. The van der Waals surface area contributed by atoms with Gasteiger partial charge in [0.2, 0.25) is 0 Å². The lowest BCUT2D eigenvalue weighted by Gasteiger charge is -2.21. The van der Waals surface area contributed by atoms with Crippen molar-refractivity contribution in [3.8, 4) is 0 Å². The molecule has 3 aromatic rings. The van der Waals surface area contributed by atoms with E-state index in [9.17, 15) is 4.79 Å². The summed E-state index contributed by atoms with van der Waals surface area (Å²) in [5, 5.41) is 2.89. The Labute approximate surface area is 179 Å². The predicted molar refractivity (Wildman–Crippen MR) is 120 cm³/mol. The lowest BCUT2D eigenvalue weighted by molar-refractivity contribution is 0.0918. The number of nitrogens with one attached hydrogen (secondary N) is 1. The summed E-state index contributed by atoms with van der Waals surface area (Å²) < 4.78 is 5.86. The van der Waals surface area contributed by atoms with E-state index < -0.39 is 0 Å². The van der Waals surface area contributed by atoms with Gasteiger partial charge in [-0.3, -0.25) is 9.69 Å². The average molecular weight is 406 g/mol. The first-order valence-electron chi connectivity index (χ1n) is 10.3. The molecular weight excluding hydrogens is 374 g/mol. The van der Waals surface area contributed by atoms with Gasteiger partial charge in [-0.25, -0.2) is 0 Å². The molecular formula is C25H31N3O2. The first-order chi connectivity index (χ1) is 14.5. The highest BCUT2D eigenvalue weighted by Crippen LogP contribution is 2.17. The van der Waals surface area contributed by atoms with Crippen LogP contribution in [-0.4, -0.2) is 42.9 Å². The van der Waals surface area contributed by atoms with Gasteiger partial charge in [-0.1, -0.05) is 60.2 Å². The second kappa shape index (κ2) is 10.8. The second-order valence-electron chi connectivity index (χ2n) is 7.94. The lowest BCUT2D eigenvalue weighted by atomic mass is 10.1. The van der Waals surface area contributed by atoms with E-state index in [2.05, 4.69) is 65.7 Å². The van der Waals surface area contributed by atoms with Crippen molar-refractivity contribution in [2.24, 2.45) is 0 Å². The zero-order valence-electron chi connectivity index (χ0n) is 18.1. The maximum atomic E-state index is 12.3. The van der Waals surface area contributed by atoms with Crippen LogP contribution in [0.4, 0.5) is 0 Å². The molecule has 0 radical (unpaired) electrons. The van der Waals surface area contributed by atoms with E-state index in [0.29, 0.717) is 18.8 Å². The topological polar surface area (TPSA) is 48.7 Å². The van der Waals surface area contributed by atoms with Crippen LogP contribution in [-0.2, 0) is 19.6 Å². The fourth-order valence-electron chi connectivity index (χ4n) is 3.25. The van der Waals surface area contributed by atoms with E-state index in [0.717, 1.165) is 25.4 Å². The number of carbonyl (C=O) groups excluding carboxylic acids is 1. The van der Waals surface area contributed by atoms with E-state index in [1.807, 2.05) is 31.1 Å². The molecule has 0 saturated carbocycles. The third kappa shape index (κ3) is 6.87. The number of benzene rings is 2. The summed E-state index contributed by atoms with van der Waals surface area (Å²) in [4.78, 5) is 16.7. The summed E-state index contributed by atoms with van der Waals surface area (Å²) in [7, 11) is 3.96. The van der Waals surface area contributed by atoms with Crippen molar-refractivity contribution in [3.63, 3.8) is 0 Å². The minimum atomic E-state index is -0.170. The number of likely N-dealkylation sites (N-methyl/N-ethyl adjacent to an activating group) is 1. The average Bonchev–Trinajstić information content (AvgIpc) is 3.19. The van der Waals surface area contributed by atoms with E-state index >= 15 is 0 Å². The SMILES string of the molecule is Cc1ccc(CN(Cc2ccccc2)Cc2ccc(C(=O)NCCN(C)C)o2)cc1. The monoisotopic (exact) mass is 405 g/mol. The van der Waals surface area contributed by atoms with Crippen molar-refractivity contribution in [2.75, 3.05) is 27.2 Å². The minimum Gasteiger partial charge on any atom is -0.455 e. The van der Waals surface area contributed by atoms with Crippen LogP contribution in [0.15, 0.2) is 71.1 Å². The number of hydrogen-bond donors (Lipinski definition) is 1. The zero-order chi connectivity index (χ0) is 21.3. The maximum absolute atomic E-state index is 12.3. The Morgan fingerprint density at radius 2 is 1.53 bits per heavy atom. The first-order valence-corrected chi connectivity index (χ1v) is 10.3. The Bertz CT molecular complexity index is 917. The molecule has 0 fully saturated rings. The summed E-state index contributed by atoms with van der Waals surface area (Å²) in [6.45, 7) is 5.73. The molecule has 5 heteroatoms. The molecule has 0 aliphatic heterocycles. The highest BCUT2D eigenvalue weighted by atomic mass is 16.4. The van der Waals surface area contributed by atoms with Crippen LogP contribution < -0.4 is 5.32 Å². The van der Waals surface area contributed by atoms with Crippen LogP contribution in [0.2, 0.25) is 0 Å². The number of rotatable bonds is 10. The first kappa shape index (κ1) is 21.8. The third-order valence-corrected chi connectivity index (χ3v) is 4.89. The van der Waals surface area contributed by atoms with Crippen LogP contribution >= 0.6 is 0 Å². The molecule has 30 heavy (non-hydrogen) atoms. The molecule has 1 N–H and O–H groups in total. The Balaban J connectivity index is 1.67. The van der Waals surface area contributed by atoms with Crippen molar-refractivity contribution >= 4 is 5.91 Å². The third-order valence-electron chi connectivity index (χ3n) is 4.89. The summed E-state index contributed by atoms with van der Waals surface area (Å²) >= 11 is 0. The molecule has 0 unspecified atom stereocenters. The van der Waals surface area contributed by atoms with Crippen LogP contribution in [0, 0.1) is 6.92 Å². The molecule has 0 spiro atoms. The Morgan fingerprint density at radius 3 is 2.20 bits per heavy atom. The van der Waals surface area contributed by atoms with Gasteiger partial charge in [-0.15, -0.1) is 0 Å². The lowest BCUT2D eigenvalue weighted by Crippen LogP contribution is -2.31. The van der Waals surface area contributed by atoms with Crippen molar-refractivity contribution < 1.29 is 9.21 Å². The highest BCUT2D eigenvalue weighted by Gasteiger charge is 2.14. The van der Waals surface area contributed by atoms with Crippen LogP contribution in [0.1, 0.15) is 33.0 Å². The van der Waals surface area contributed by atoms with Crippen molar-refractivity contribution in [1.29, 1.82) is 0 Å². The molecule has 1 amide bonds. The molecule has 0 atom stereocenters. The van der Waals surface area contributed by atoms with Crippen molar-refractivity contribution in [1.82, 2.24) is 15.1 Å². The number of aryl methyl sites for hydroxylation is 1. The Morgan fingerprint density at radius 1 is 0.867 bits per heavy atom. The molecule has 1 heterocycles. The molecule has 1 aromatic heterocycles. The Hall–Kier alpha value is -2.89. The molecule has 0 aliphatic carbocycles. The van der Waals surface area contributed by atoms with Gasteiger partial charge in [0.1, 0.15) is 5.76 Å². The quantitative estimate of drug-likeness (QED) is 0.552. The zero-order valence-corrected chi connectivity index (χ0v) is 18.1. The minimum absolute atomic E-state index is 0.170. The largest absolute Gasteiger partial charge is 0.455 e. The van der Waals surface area contributed by atoms with Crippen molar-refractivity contribution in [3.05, 3.63) is 94.9 Å². The Kier molecular flexibility index (Phi) is 7.82. The molecule has 0 bridgehead atoms. The fourth-order valence-corrected chi connectivity index (χ4v) is 3.25. The van der Waals surface area contributed by atoms with Gasteiger partial charge in [-0.05, 0) is 44.3 Å². The smallest absolute Gasteiger partial charge is 0.287 e. The van der Waals surface area contributed by atoms with E-state index in [-0.39, 0.29) is 5.91 Å². The van der Waals surface area contributed by atoms with Crippen molar-refractivity contribution in [2.45, 2.75) is 26.6 Å². The maximum Gasteiger partial charge on any atom is 0.287 e. The van der Waals surface area contributed by atoms with Gasteiger partial charge in [0, 0.05) is 26.2 Å². The highest BCUT2D eigenvalue weighted by molar-refractivity contribution is 5.91. The summed E-state index contributed by atoms with van der Waals surface area (Å²) in [5.41, 5.74) is 3.76. The van der Waals surface area contributed by atoms with Gasteiger partial charge in [-0.2, -0.15) is 0 Å². The van der Waals surface area contributed by atoms with Gasteiger partial charge >= 0.3 is 0 Å². The van der Waals surface area contributed by atoms with Gasteiger partial charge in [0.15, 0.2) is 5.76 Å². The molecule has 0 aliphatic rings. The summed E-state index contributed by atoms with van der Waals surface area (Å²) in [6.07, 6.45) is 0. The van der Waals surface area contributed by atoms with E-state index in [1.165, 1.54) is 16.7 Å². The number of amides is 1. The number of nitrogens with zero attached hydrogens (tertiary/aromatic N) is 2. The van der Waals surface area contributed by atoms with Crippen LogP contribution in [0.25, 0.3) is 0 Å². The van der Waals surface area contributed by atoms with E-state index in [1.54, 1.807) is 6.07 Å². The normalized spacial score (nSPS) is 11.2. The number of furan rings is 1. The predicted octanol–water partition coefficient (Wildman–Crippen LogP) is 4.08. The fraction of sp³-hybridized carbons (Fsp3) is 0.320.